The number of anilines is 3. The fraction of sp³-hybridized carbons (Fsp3) is 0.158. The Balaban J connectivity index is 1.77. The van der Waals surface area contributed by atoms with Gasteiger partial charge in [-0.05, 0) is 12.1 Å². The van der Waals surface area contributed by atoms with Gasteiger partial charge in [-0.3, -0.25) is 9.59 Å². The van der Waals surface area contributed by atoms with Gasteiger partial charge in [0.25, 0.3) is 5.91 Å². The van der Waals surface area contributed by atoms with E-state index in [-0.39, 0.29) is 12.0 Å². The van der Waals surface area contributed by atoms with Crippen LogP contribution in [0.3, 0.4) is 0 Å². The molecule has 5 nitrogen and oxygen atoms in total. The Morgan fingerprint density at radius 2 is 1.70 bits per heavy atom. The molecule has 0 unspecified atom stereocenters. The maximum absolute atomic E-state index is 13.9. The maximum atomic E-state index is 13.9. The van der Waals surface area contributed by atoms with E-state index in [9.17, 15) is 22.8 Å². The zero-order valence-electron chi connectivity index (χ0n) is 14.2. The van der Waals surface area contributed by atoms with Crippen LogP contribution in [0.25, 0.3) is 0 Å². The van der Waals surface area contributed by atoms with Gasteiger partial charge in [0.15, 0.2) is 17.4 Å². The number of hydrogen-bond acceptors (Lipinski definition) is 4. The number of carbonyl (C=O) groups is 2. The highest BCUT2D eigenvalue weighted by molar-refractivity contribution is 6.25. The van der Waals surface area contributed by atoms with Gasteiger partial charge >= 0.3 is 0 Å². The van der Waals surface area contributed by atoms with Gasteiger partial charge in [-0.1, -0.05) is 12.1 Å². The van der Waals surface area contributed by atoms with E-state index in [1.165, 1.54) is 0 Å². The number of rotatable bonds is 2. The first-order chi connectivity index (χ1) is 12.9. The molecule has 0 aromatic heterocycles. The molecule has 0 fully saturated rings. The average molecular weight is 373 g/mol. The minimum absolute atomic E-state index is 0.0861. The number of nitrogens with zero attached hydrogens (tertiary/aromatic N) is 2. The standard InChI is InChI=1S/C19H14F3N3O2/c1-24-13-4-2-3-5-14(13)25-7-6-15(26)16(19(24)25)18(27)23-17-11(21)8-10(20)9-12(17)22/h2-5,8-9H,6-7H2,1H3,(H,23,27). The number of amides is 1. The van der Waals surface area contributed by atoms with E-state index in [1.54, 1.807) is 11.9 Å². The Hall–Kier alpha value is -3.29. The summed E-state index contributed by atoms with van der Waals surface area (Å²) in [5, 5.41) is 2.08. The molecular formula is C19H14F3N3O2. The monoisotopic (exact) mass is 373 g/mol. The summed E-state index contributed by atoms with van der Waals surface area (Å²) in [6.07, 6.45) is 0.0861. The Bertz CT molecular complexity index is 996. The predicted octanol–water partition coefficient (Wildman–Crippen LogP) is 3.18. The zero-order chi connectivity index (χ0) is 19.3. The average Bonchev–Trinajstić information content (AvgIpc) is 2.91. The molecule has 8 heteroatoms. The molecule has 0 aliphatic carbocycles. The van der Waals surface area contributed by atoms with Gasteiger partial charge in [0, 0.05) is 32.1 Å². The second-order valence-corrected chi connectivity index (χ2v) is 6.27. The van der Waals surface area contributed by atoms with Crippen molar-refractivity contribution in [3.8, 4) is 0 Å². The summed E-state index contributed by atoms with van der Waals surface area (Å²) in [4.78, 5) is 28.7. The van der Waals surface area contributed by atoms with Gasteiger partial charge in [-0.2, -0.15) is 0 Å². The first-order valence-electron chi connectivity index (χ1n) is 8.22. The number of fused-ring (bicyclic) bond motifs is 3. The third-order valence-electron chi connectivity index (χ3n) is 4.64. The second kappa shape index (κ2) is 6.15. The van der Waals surface area contributed by atoms with Gasteiger partial charge in [0.2, 0.25) is 0 Å². The lowest BCUT2D eigenvalue weighted by Gasteiger charge is -2.29. The zero-order valence-corrected chi connectivity index (χ0v) is 14.2. The van der Waals surface area contributed by atoms with Crippen LogP contribution in [0.1, 0.15) is 6.42 Å². The van der Waals surface area contributed by atoms with Crippen LogP contribution in [0.15, 0.2) is 47.8 Å². The van der Waals surface area contributed by atoms with E-state index in [0.29, 0.717) is 24.5 Å². The highest BCUT2D eigenvalue weighted by Crippen LogP contribution is 2.43. The second-order valence-electron chi connectivity index (χ2n) is 6.27. The Kier molecular flexibility index (Phi) is 3.91. The molecule has 0 radical (unpaired) electrons. The molecule has 1 amide bonds. The van der Waals surface area contributed by atoms with Crippen LogP contribution in [0.2, 0.25) is 0 Å². The number of para-hydroxylation sites is 2. The highest BCUT2D eigenvalue weighted by Gasteiger charge is 2.39. The van der Waals surface area contributed by atoms with E-state index in [1.807, 2.05) is 29.2 Å². The lowest BCUT2D eigenvalue weighted by Crippen LogP contribution is -2.39. The Labute approximate surface area is 152 Å². The van der Waals surface area contributed by atoms with Gasteiger partial charge in [-0.15, -0.1) is 0 Å². The largest absolute Gasteiger partial charge is 0.328 e. The molecule has 0 atom stereocenters. The SMILES string of the molecule is CN1C2=C(C(=O)Nc3c(F)cc(F)cc3F)C(=O)CCN2c2ccccc21. The van der Waals surface area contributed by atoms with Crippen molar-refractivity contribution >= 4 is 28.8 Å². The molecule has 2 aromatic rings. The molecule has 138 valence electrons. The van der Waals surface area contributed by atoms with Crippen LogP contribution in [-0.2, 0) is 9.59 Å². The number of ketones is 1. The van der Waals surface area contributed by atoms with Crippen molar-refractivity contribution < 1.29 is 22.8 Å². The molecular weight excluding hydrogens is 359 g/mol. The Morgan fingerprint density at radius 3 is 2.37 bits per heavy atom. The summed E-state index contributed by atoms with van der Waals surface area (Å²) in [6, 6.07) is 8.31. The molecule has 0 saturated carbocycles. The van der Waals surface area contributed by atoms with Crippen molar-refractivity contribution in [2.45, 2.75) is 6.42 Å². The molecule has 2 heterocycles. The first-order valence-corrected chi connectivity index (χ1v) is 8.22. The normalized spacial score (nSPS) is 15.8. The fourth-order valence-electron chi connectivity index (χ4n) is 3.44. The van der Waals surface area contributed by atoms with Crippen molar-refractivity contribution in [3.05, 3.63) is 65.2 Å². The molecule has 0 spiro atoms. The number of halogens is 3. The summed E-state index contributed by atoms with van der Waals surface area (Å²) < 4.78 is 40.8. The van der Waals surface area contributed by atoms with E-state index in [4.69, 9.17) is 0 Å². The van der Waals surface area contributed by atoms with Crippen molar-refractivity contribution in [1.29, 1.82) is 0 Å². The van der Waals surface area contributed by atoms with Crippen LogP contribution in [-0.4, -0.2) is 25.3 Å². The van der Waals surface area contributed by atoms with Crippen LogP contribution < -0.4 is 15.1 Å². The van der Waals surface area contributed by atoms with Crippen LogP contribution in [0, 0.1) is 17.5 Å². The van der Waals surface area contributed by atoms with E-state index >= 15 is 0 Å². The van der Waals surface area contributed by atoms with Crippen molar-refractivity contribution in [1.82, 2.24) is 0 Å². The van der Waals surface area contributed by atoms with Gasteiger partial charge in [0.1, 0.15) is 22.9 Å². The summed E-state index contributed by atoms with van der Waals surface area (Å²) in [5.41, 5.74) is 0.666. The lowest BCUT2D eigenvalue weighted by atomic mass is 10.0. The van der Waals surface area contributed by atoms with E-state index in [2.05, 4.69) is 5.32 Å². The number of carbonyl (C=O) groups excluding carboxylic acids is 2. The van der Waals surface area contributed by atoms with E-state index < -0.39 is 34.8 Å². The number of nitrogens with one attached hydrogen (secondary N) is 1. The third kappa shape index (κ3) is 2.64. The minimum atomic E-state index is -1.25. The topological polar surface area (TPSA) is 52.7 Å². The van der Waals surface area contributed by atoms with Crippen LogP contribution >= 0.6 is 0 Å². The molecule has 0 bridgehead atoms. The molecule has 2 aliphatic rings. The van der Waals surface area contributed by atoms with Gasteiger partial charge in [0.05, 0.1) is 11.4 Å². The predicted molar refractivity (Wildman–Crippen MR) is 93.8 cm³/mol. The number of benzene rings is 2. The summed E-state index contributed by atoms with van der Waals surface area (Å²) in [5.74, 6) is -4.63. The summed E-state index contributed by atoms with van der Waals surface area (Å²) in [7, 11) is 1.71. The molecule has 27 heavy (non-hydrogen) atoms. The fourth-order valence-corrected chi connectivity index (χ4v) is 3.44. The first kappa shape index (κ1) is 17.1. The molecule has 0 saturated heterocycles. The van der Waals surface area contributed by atoms with Crippen molar-refractivity contribution in [2.24, 2.45) is 0 Å². The minimum Gasteiger partial charge on any atom is -0.328 e. The Morgan fingerprint density at radius 1 is 1.07 bits per heavy atom. The van der Waals surface area contributed by atoms with Crippen molar-refractivity contribution in [2.75, 3.05) is 28.7 Å². The highest BCUT2D eigenvalue weighted by atomic mass is 19.1. The van der Waals surface area contributed by atoms with E-state index in [0.717, 1.165) is 11.4 Å². The number of hydrogen-bond donors (Lipinski definition) is 1. The summed E-state index contributed by atoms with van der Waals surface area (Å²) in [6.45, 7) is 0.394. The molecule has 2 aromatic carbocycles. The quantitative estimate of drug-likeness (QED) is 0.822. The lowest BCUT2D eigenvalue weighted by molar-refractivity contribution is -0.120. The van der Waals surface area contributed by atoms with Crippen LogP contribution in [0.4, 0.5) is 30.2 Å². The maximum Gasteiger partial charge on any atom is 0.263 e. The van der Waals surface area contributed by atoms with Crippen molar-refractivity contribution in [3.63, 3.8) is 0 Å². The third-order valence-corrected chi connectivity index (χ3v) is 4.64. The molecule has 1 N–H and O–H groups in total. The smallest absolute Gasteiger partial charge is 0.263 e. The van der Waals surface area contributed by atoms with Crippen LogP contribution in [0.5, 0.6) is 0 Å². The summed E-state index contributed by atoms with van der Waals surface area (Å²) >= 11 is 0. The molecule has 4 rings (SSSR count). The molecule has 2 aliphatic heterocycles. The van der Waals surface area contributed by atoms with Gasteiger partial charge < -0.3 is 15.1 Å². The van der Waals surface area contributed by atoms with Gasteiger partial charge in [-0.25, -0.2) is 13.2 Å². The number of Topliss-reactive ketones (excluding diaryl/α,β-unsaturated/α-hetero) is 1.